The van der Waals surface area contributed by atoms with Gasteiger partial charge in [0.1, 0.15) is 17.2 Å². The molecule has 0 atom stereocenters. The van der Waals surface area contributed by atoms with E-state index in [-0.39, 0.29) is 17.1 Å². The van der Waals surface area contributed by atoms with Gasteiger partial charge in [-0.25, -0.2) is 18.5 Å². The Hall–Kier alpha value is -2.23. The van der Waals surface area contributed by atoms with Crippen LogP contribution in [0.3, 0.4) is 0 Å². The number of rotatable bonds is 6. The van der Waals surface area contributed by atoms with Crippen LogP contribution in [0.5, 0.6) is 5.75 Å². The number of ether oxygens (including phenoxy) is 1. The summed E-state index contributed by atoms with van der Waals surface area (Å²) in [6, 6.07) is 7.69. The van der Waals surface area contributed by atoms with Gasteiger partial charge in [-0.1, -0.05) is 6.92 Å². The molecule has 0 unspecified atom stereocenters. The van der Waals surface area contributed by atoms with Crippen molar-refractivity contribution in [2.45, 2.75) is 24.8 Å². The third kappa shape index (κ3) is 3.89. The second kappa shape index (κ2) is 6.95. The zero-order valence-corrected chi connectivity index (χ0v) is 15.1. The highest BCUT2D eigenvalue weighted by molar-refractivity contribution is 7.89. The summed E-state index contributed by atoms with van der Waals surface area (Å²) in [5, 5.41) is 5.67. The maximum atomic E-state index is 12.4. The summed E-state index contributed by atoms with van der Waals surface area (Å²) in [6.07, 6.45) is 2.39. The molecule has 3 aromatic rings. The number of hydrogen-bond donors (Lipinski definition) is 1. The third-order valence-corrected chi connectivity index (χ3v) is 5.79. The average Bonchev–Trinajstić information content (AvgIpc) is 3.01. The molecule has 1 aromatic carbocycles. The normalized spacial score (nSPS) is 11.8. The van der Waals surface area contributed by atoms with Crippen LogP contribution < -0.4 is 15.4 Å². The Morgan fingerprint density at radius 3 is 2.64 bits per heavy atom. The zero-order chi connectivity index (χ0) is 18.0. The van der Waals surface area contributed by atoms with Crippen LogP contribution in [0.4, 0.5) is 0 Å². The van der Waals surface area contributed by atoms with Gasteiger partial charge in [-0.15, -0.1) is 11.3 Å². The van der Waals surface area contributed by atoms with Gasteiger partial charge in [0.25, 0.3) is 5.56 Å². The van der Waals surface area contributed by atoms with Gasteiger partial charge in [-0.2, -0.15) is 0 Å². The highest BCUT2D eigenvalue weighted by Gasteiger charge is 2.09. The first kappa shape index (κ1) is 17.6. The fourth-order valence-electron chi connectivity index (χ4n) is 2.33. The predicted molar refractivity (Wildman–Crippen MR) is 96.6 cm³/mol. The highest BCUT2D eigenvalue weighted by atomic mass is 32.2. The standard InChI is InChI=1S/C16H17N3O4S2/c1-2-12-9-14-15(24-12)18-10-19(16(14)20)7-8-23-11-3-5-13(6-4-11)25(17,21)22/h3-6,9-10H,2,7-8H2,1H3,(H2,17,21,22). The van der Waals surface area contributed by atoms with Gasteiger partial charge in [0.2, 0.25) is 10.0 Å². The van der Waals surface area contributed by atoms with Crippen LogP contribution in [0, 0.1) is 0 Å². The number of hydrogen-bond acceptors (Lipinski definition) is 6. The van der Waals surface area contributed by atoms with Gasteiger partial charge in [0, 0.05) is 4.88 Å². The van der Waals surface area contributed by atoms with Gasteiger partial charge in [-0.05, 0) is 36.8 Å². The second-order valence-electron chi connectivity index (χ2n) is 5.39. The van der Waals surface area contributed by atoms with Gasteiger partial charge in [-0.3, -0.25) is 9.36 Å². The highest BCUT2D eigenvalue weighted by Crippen LogP contribution is 2.21. The smallest absolute Gasteiger partial charge is 0.262 e. The van der Waals surface area contributed by atoms with Crippen LogP contribution in [-0.4, -0.2) is 24.6 Å². The zero-order valence-electron chi connectivity index (χ0n) is 13.5. The minimum absolute atomic E-state index is 0.0231. The molecular formula is C16H17N3O4S2. The largest absolute Gasteiger partial charge is 0.492 e. The van der Waals surface area contributed by atoms with Gasteiger partial charge >= 0.3 is 0 Å². The van der Waals surface area contributed by atoms with Crippen molar-refractivity contribution in [3.63, 3.8) is 0 Å². The van der Waals surface area contributed by atoms with E-state index in [2.05, 4.69) is 4.98 Å². The molecular weight excluding hydrogens is 362 g/mol. The molecule has 0 aliphatic heterocycles. The number of benzene rings is 1. The van der Waals surface area contributed by atoms with Crippen LogP contribution in [0.2, 0.25) is 0 Å². The maximum absolute atomic E-state index is 12.4. The van der Waals surface area contributed by atoms with Gasteiger partial charge in [0.15, 0.2) is 0 Å². The Labute approximate surface area is 148 Å². The van der Waals surface area contributed by atoms with E-state index >= 15 is 0 Å². The Balaban J connectivity index is 1.69. The number of aromatic nitrogens is 2. The molecule has 9 heteroatoms. The molecule has 132 valence electrons. The van der Waals surface area contributed by atoms with Crippen LogP contribution in [-0.2, 0) is 23.0 Å². The molecule has 0 spiro atoms. The molecule has 0 aliphatic carbocycles. The van der Waals surface area contributed by atoms with Crippen LogP contribution in [0.15, 0.2) is 46.3 Å². The molecule has 0 radical (unpaired) electrons. The van der Waals surface area contributed by atoms with E-state index in [1.165, 1.54) is 46.5 Å². The fourth-order valence-corrected chi connectivity index (χ4v) is 3.77. The van der Waals surface area contributed by atoms with Gasteiger partial charge < -0.3 is 4.74 Å². The van der Waals surface area contributed by atoms with Crippen molar-refractivity contribution < 1.29 is 13.2 Å². The molecule has 0 amide bonds. The average molecular weight is 379 g/mol. The molecule has 0 saturated heterocycles. The summed E-state index contributed by atoms with van der Waals surface area (Å²) < 4.78 is 29.5. The van der Waals surface area contributed by atoms with E-state index in [1.807, 2.05) is 13.0 Å². The Kier molecular flexibility index (Phi) is 4.89. The monoisotopic (exact) mass is 379 g/mol. The Morgan fingerprint density at radius 2 is 2.00 bits per heavy atom. The minimum atomic E-state index is -3.72. The molecule has 3 rings (SSSR count). The van der Waals surface area contributed by atoms with Crippen LogP contribution in [0.25, 0.3) is 10.2 Å². The first-order chi connectivity index (χ1) is 11.9. The van der Waals surface area contributed by atoms with Crippen LogP contribution >= 0.6 is 11.3 Å². The lowest BCUT2D eigenvalue weighted by Gasteiger charge is -2.08. The number of sulfonamides is 1. The summed E-state index contributed by atoms with van der Waals surface area (Å²) in [7, 11) is -3.72. The first-order valence-corrected chi connectivity index (χ1v) is 9.98. The summed E-state index contributed by atoms with van der Waals surface area (Å²) in [6.45, 7) is 2.64. The number of aryl methyl sites for hydroxylation is 1. The van der Waals surface area contributed by atoms with Crippen molar-refractivity contribution in [2.75, 3.05) is 6.61 Å². The van der Waals surface area contributed by atoms with E-state index in [0.717, 1.165) is 16.1 Å². The molecule has 2 heterocycles. The maximum Gasteiger partial charge on any atom is 0.262 e. The number of fused-ring (bicyclic) bond motifs is 1. The van der Waals surface area contributed by atoms with E-state index in [4.69, 9.17) is 9.88 Å². The van der Waals surface area contributed by atoms with Crippen molar-refractivity contribution in [1.29, 1.82) is 0 Å². The molecule has 25 heavy (non-hydrogen) atoms. The lowest BCUT2D eigenvalue weighted by atomic mass is 10.3. The SMILES string of the molecule is CCc1cc2c(=O)n(CCOc3ccc(S(N)(=O)=O)cc3)cnc2s1. The van der Waals surface area contributed by atoms with E-state index < -0.39 is 10.0 Å². The van der Waals surface area contributed by atoms with Crippen molar-refractivity contribution in [3.8, 4) is 5.75 Å². The summed E-state index contributed by atoms with van der Waals surface area (Å²) in [5.41, 5.74) is -0.0888. The van der Waals surface area contributed by atoms with Crippen molar-refractivity contribution >= 4 is 31.6 Å². The molecule has 2 aromatic heterocycles. The number of nitrogens with zero attached hydrogens (tertiary/aromatic N) is 2. The lowest BCUT2D eigenvalue weighted by Crippen LogP contribution is -2.23. The Bertz CT molecular complexity index is 1050. The van der Waals surface area contributed by atoms with Crippen molar-refractivity contribution in [2.24, 2.45) is 5.14 Å². The topological polar surface area (TPSA) is 104 Å². The van der Waals surface area contributed by atoms with Crippen LogP contribution in [0.1, 0.15) is 11.8 Å². The fraction of sp³-hybridized carbons (Fsp3) is 0.250. The van der Waals surface area contributed by atoms with Crippen molar-refractivity contribution in [1.82, 2.24) is 9.55 Å². The molecule has 0 fully saturated rings. The van der Waals surface area contributed by atoms with Gasteiger partial charge in [0.05, 0.1) is 23.2 Å². The summed E-state index contributed by atoms with van der Waals surface area (Å²) in [5.74, 6) is 0.498. The number of nitrogens with two attached hydrogens (primary N) is 1. The van der Waals surface area contributed by atoms with E-state index in [0.29, 0.717) is 17.7 Å². The van der Waals surface area contributed by atoms with Crippen molar-refractivity contribution in [3.05, 3.63) is 51.9 Å². The summed E-state index contributed by atoms with van der Waals surface area (Å²) in [4.78, 5) is 18.7. The summed E-state index contributed by atoms with van der Waals surface area (Å²) >= 11 is 1.53. The number of thiophene rings is 1. The lowest BCUT2D eigenvalue weighted by molar-refractivity contribution is 0.296. The Morgan fingerprint density at radius 1 is 1.28 bits per heavy atom. The number of primary sulfonamides is 1. The van der Waals surface area contributed by atoms with E-state index in [1.54, 1.807) is 0 Å². The van der Waals surface area contributed by atoms with E-state index in [9.17, 15) is 13.2 Å². The second-order valence-corrected chi connectivity index (χ2v) is 8.07. The molecule has 0 bridgehead atoms. The third-order valence-electron chi connectivity index (χ3n) is 3.67. The minimum Gasteiger partial charge on any atom is -0.492 e. The molecule has 0 aliphatic rings. The molecule has 7 nitrogen and oxygen atoms in total. The molecule has 2 N–H and O–H groups in total. The quantitative estimate of drug-likeness (QED) is 0.702. The first-order valence-electron chi connectivity index (χ1n) is 7.62. The molecule has 0 saturated carbocycles. The predicted octanol–water partition coefficient (Wildman–Crippen LogP) is 1.75.